The number of rotatable bonds is 7. The molecule has 0 fully saturated rings. The summed E-state index contributed by atoms with van der Waals surface area (Å²) in [7, 11) is 0. The zero-order valence-corrected chi connectivity index (χ0v) is 17.5. The maximum absolute atomic E-state index is 14.1. The fourth-order valence-electron chi connectivity index (χ4n) is 2.77. The van der Waals surface area contributed by atoms with E-state index in [0.29, 0.717) is 5.02 Å². The van der Waals surface area contributed by atoms with Crippen LogP contribution in [-0.2, 0) is 22.6 Å². The standard InChI is InChI=1S/C21H23Cl2FN2O2/c1-13(2)25-21(28)14(3)26(12-15-6-4-7-16(22)10-15)20(27)11-17-18(23)8-5-9-19(17)24/h4-10,13-14H,11-12H2,1-3H3,(H,25,28)/t14-/m1/s1. The molecule has 0 aliphatic heterocycles. The van der Waals surface area contributed by atoms with Crippen LogP contribution in [0.4, 0.5) is 4.39 Å². The highest BCUT2D eigenvalue weighted by atomic mass is 35.5. The molecule has 0 aliphatic carbocycles. The number of carbonyl (C=O) groups is 2. The van der Waals surface area contributed by atoms with Crippen LogP contribution in [0.2, 0.25) is 10.0 Å². The Balaban J connectivity index is 2.30. The lowest BCUT2D eigenvalue weighted by molar-refractivity contribution is -0.140. The molecule has 0 aliphatic rings. The maximum Gasteiger partial charge on any atom is 0.242 e. The van der Waals surface area contributed by atoms with Gasteiger partial charge in [-0.25, -0.2) is 4.39 Å². The third-order valence-electron chi connectivity index (χ3n) is 4.23. The quantitative estimate of drug-likeness (QED) is 0.704. The molecule has 1 N–H and O–H groups in total. The average molecular weight is 425 g/mol. The molecule has 0 heterocycles. The first-order valence-electron chi connectivity index (χ1n) is 8.96. The van der Waals surface area contributed by atoms with Gasteiger partial charge in [0.1, 0.15) is 11.9 Å². The third-order valence-corrected chi connectivity index (χ3v) is 4.82. The fraction of sp³-hybridized carbons (Fsp3) is 0.333. The molecule has 1 atom stereocenters. The second kappa shape index (κ2) is 9.89. The molecule has 0 radical (unpaired) electrons. The van der Waals surface area contributed by atoms with Crippen LogP contribution in [0.15, 0.2) is 42.5 Å². The van der Waals surface area contributed by atoms with Crippen molar-refractivity contribution in [3.05, 3.63) is 69.5 Å². The van der Waals surface area contributed by atoms with Gasteiger partial charge in [-0.3, -0.25) is 9.59 Å². The minimum Gasteiger partial charge on any atom is -0.352 e. The molecule has 0 saturated carbocycles. The number of nitrogens with zero attached hydrogens (tertiary/aromatic N) is 1. The van der Waals surface area contributed by atoms with Gasteiger partial charge in [-0.05, 0) is 50.6 Å². The molecule has 150 valence electrons. The van der Waals surface area contributed by atoms with E-state index < -0.39 is 17.8 Å². The average Bonchev–Trinajstić information content (AvgIpc) is 2.61. The molecule has 2 aromatic carbocycles. The van der Waals surface area contributed by atoms with E-state index in [0.717, 1.165) is 5.56 Å². The van der Waals surface area contributed by atoms with Crippen molar-refractivity contribution < 1.29 is 14.0 Å². The summed E-state index contributed by atoms with van der Waals surface area (Å²) in [4.78, 5) is 26.9. The molecule has 0 bridgehead atoms. The smallest absolute Gasteiger partial charge is 0.242 e. The van der Waals surface area contributed by atoms with Gasteiger partial charge in [-0.15, -0.1) is 0 Å². The van der Waals surface area contributed by atoms with E-state index in [1.54, 1.807) is 25.1 Å². The van der Waals surface area contributed by atoms with Gasteiger partial charge in [0, 0.05) is 28.2 Å². The van der Waals surface area contributed by atoms with E-state index >= 15 is 0 Å². The minimum absolute atomic E-state index is 0.0703. The van der Waals surface area contributed by atoms with Gasteiger partial charge >= 0.3 is 0 Å². The highest BCUT2D eigenvalue weighted by molar-refractivity contribution is 6.31. The Morgan fingerprint density at radius 3 is 2.39 bits per heavy atom. The summed E-state index contributed by atoms with van der Waals surface area (Å²) in [5.74, 6) is -1.24. The summed E-state index contributed by atoms with van der Waals surface area (Å²) in [6, 6.07) is 10.5. The predicted molar refractivity (Wildman–Crippen MR) is 110 cm³/mol. The first-order valence-corrected chi connectivity index (χ1v) is 9.71. The Morgan fingerprint density at radius 1 is 1.11 bits per heavy atom. The number of benzene rings is 2. The van der Waals surface area contributed by atoms with E-state index in [-0.39, 0.29) is 35.5 Å². The van der Waals surface area contributed by atoms with E-state index in [4.69, 9.17) is 23.2 Å². The van der Waals surface area contributed by atoms with E-state index in [9.17, 15) is 14.0 Å². The van der Waals surface area contributed by atoms with Crippen molar-refractivity contribution in [3.63, 3.8) is 0 Å². The fourth-order valence-corrected chi connectivity index (χ4v) is 3.22. The second-order valence-electron chi connectivity index (χ2n) is 6.87. The predicted octanol–water partition coefficient (Wildman–Crippen LogP) is 4.62. The number of nitrogens with one attached hydrogen (secondary N) is 1. The summed E-state index contributed by atoms with van der Waals surface area (Å²) < 4.78 is 14.1. The molecule has 7 heteroatoms. The number of hydrogen-bond donors (Lipinski definition) is 1. The molecule has 2 aromatic rings. The Hall–Kier alpha value is -2.11. The number of halogens is 3. The number of amides is 2. The number of carbonyl (C=O) groups excluding carboxylic acids is 2. The van der Waals surface area contributed by atoms with Crippen LogP contribution >= 0.6 is 23.2 Å². The highest BCUT2D eigenvalue weighted by Crippen LogP contribution is 2.22. The van der Waals surface area contributed by atoms with Gasteiger partial charge in [0.05, 0.1) is 6.42 Å². The second-order valence-corrected chi connectivity index (χ2v) is 7.71. The molecule has 28 heavy (non-hydrogen) atoms. The van der Waals surface area contributed by atoms with Gasteiger partial charge < -0.3 is 10.2 Å². The lowest BCUT2D eigenvalue weighted by Crippen LogP contribution is -2.49. The van der Waals surface area contributed by atoms with Gasteiger partial charge in [-0.2, -0.15) is 0 Å². The van der Waals surface area contributed by atoms with Gasteiger partial charge in [0.2, 0.25) is 11.8 Å². The molecule has 2 amide bonds. The van der Waals surface area contributed by atoms with Crippen LogP contribution in [0, 0.1) is 5.82 Å². The molecular formula is C21H23Cl2FN2O2. The van der Waals surface area contributed by atoms with Gasteiger partial charge in [-0.1, -0.05) is 41.4 Å². The normalized spacial score (nSPS) is 12.0. The van der Waals surface area contributed by atoms with Gasteiger partial charge in [0.15, 0.2) is 0 Å². The van der Waals surface area contributed by atoms with Crippen molar-refractivity contribution in [3.8, 4) is 0 Å². The zero-order chi connectivity index (χ0) is 20.8. The summed E-state index contributed by atoms with van der Waals surface area (Å²) >= 11 is 12.1. The van der Waals surface area contributed by atoms with E-state index in [1.807, 2.05) is 19.9 Å². The molecule has 0 saturated heterocycles. The maximum atomic E-state index is 14.1. The largest absolute Gasteiger partial charge is 0.352 e. The van der Waals surface area contributed by atoms with Crippen LogP contribution in [0.3, 0.4) is 0 Å². The van der Waals surface area contributed by atoms with Crippen molar-refractivity contribution in [2.75, 3.05) is 0 Å². The van der Waals surface area contributed by atoms with Crippen molar-refractivity contribution in [2.24, 2.45) is 0 Å². The summed E-state index contributed by atoms with van der Waals surface area (Å²) in [6.45, 7) is 5.49. The van der Waals surface area contributed by atoms with Crippen LogP contribution in [0.25, 0.3) is 0 Å². The zero-order valence-electron chi connectivity index (χ0n) is 16.0. The van der Waals surface area contributed by atoms with E-state index in [2.05, 4.69) is 5.32 Å². The van der Waals surface area contributed by atoms with Crippen LogP contribution in [0.1, 0.15) is 31.9 Å². The minimum atomic E-state index is -0.751. The highest BCUT2D eigenvalue weighted by Gasteiger charge is 2.27. The molecule has 2 rings (SSSR count). The lowest BCUT2D eigenvalue weighted by atomic mass is 10.1. The molecule has 4 nitrogen and oxygen atoms in total. The van der Waals surface area contributed by atoms with Crippen molar-refractivity contribution in [1.29, 1.82) is 0 Å². The summed E-state index contributed by atoms with van der Waals surface area (Å²) in [5, 5.41) is 3.51. The Morgan fingerprint density at radius 2 is 1.79 bits per heavy atom. The molecular weight excluding hydrogens is 402 g/mol. The third kappa shape index (κ3) is 5.94. The molecule has 0 aromatic heterocycles. The first kappa shape index (κ1) is 22.2. The lowest BCUT2D eigenvalue weighted by Gasteiger charge is -2.29. The van der Waals surface area contributed by atoms with Crippen molar-refractivity contribution in [2.45, 2.75) is 45.8 Å². The van der Waals surface area contributed by atoms with Crippen LogP contribution < -0.4 is 5.32 Å². The topological polar surface area (TPSA) is 49.4 Å². The molecule has 0 unspecified atom stereocenters. The van der Waals surface area contributed by atoms with Crippen LogP contribution in [0.5, 0.6) is 0 Å². The van der Waals surface area contributed by atoms with E-state index in [1.165, 1.54) is 23.1 Å². The monoisotopic (exact) mass is 424 g/mol. The Kier molecular flexibility index (Phi) is 7.84. The first-order chi connectivity index (χ1) is 13.2. The summed E-state index contributed by atoms with van der Waals surface area (Å²) in [6.07, 6.45) is -0.245. The Labute approximate surface area is 174 Å². The molecule has 0 spiro atoms. The van der Waals surface area contributed by atoms with Crippen molar-refractivity contribution >= 4 is 35.0 Å². The van der Waals surface area contributed by atoms with Gasteiger partial charge in [0.25, 0.3) is 0 Å². The SMILES string of the molecule is CC(C)NC(=O)[C@@H](C)N(Cc1cccc(Cl)c1)C(=O)Cc1c(F)cccc1Cl. The van der Waals surface area contributed by atoms with Crippen LogP contribution in [-0.4, -0.2) is 28.8 Å². The Bertz CT molecular complexity index is 838. The summed E-state index contributed by atoms with van der Waals surface area (Å²) in [5.41, 5.74) is 0.881. The number of hydrogen-bond acceptors (Lipinski definition) is 2. The van der Waals surface area contributed by atoms with Crippen molar-refractivity contribution in [1.82, 2.24) is 10.2 Å².